The van der Waals surface area contributed by atoms with Gasteiger partial charge in [-0.15, -0.1) is 0 Å². The Bertz CT molecular complexity index is 401. The molecule has 1 aliphatic rings. The molecule has 1 nitrogen and oxygen atoms in total. The Morgan fingerprint density at radius 3 is 2.80 bits per heavy atom. The summed E-state index contributed by atoms with van der Waals surface area (Å²) in [6, 6.07) is 5.25. The van der Waals surface area contributed by atoms with E-state index in [4.69, 9.17) is 0 Å². The van der Waals surface area contributed by atoms with Crippen LogP contribution in [0, 0.1) is 5.82 Å². The highest BCUT2D eigenvalue weighted by atomic mass is 79.9. The van der Waals surface area contributed by atoms with Gasteiger partial charge in [0.15, 0.2) is 0 Å². The van der Waals surface area contributed by atoms with Crippen molar-refractivity contribution in [3.05, 3.63) is 40.1 Å². The fourth-order valence-corrected chi connectivity index (χ4v) is 2.10. The molecule has 0 aliphatic carbocycles. The molecule has 0 fully saturated rings. The molecule has 1 aliphatic heterocycles. The first-order chi connectivity index (χ1) is 7.16. The van der Waals surface area contributed by atoms with Crippen LogP contribution in [0.4, 0.5) is 4.39 Å². The van der Waals surface area contributed by atoms with E-state index in [1.807, 2.05) is 12.1 Å². The maximum Gasteiger partial charge on any atom is 0.131 e. The quantitative estimate of drug-likeness (QED) is 0.756. The van der Waals surface area contributed by atoms with Crippen molar-refractivity contribution in [2.75, 3.05) is 20.1 Å². The van der Waals surface area contributed by atoms with Crippen molar-refractivity contribution >= 4 is 21.5 Å². The zero-order valence-electron chi connectivity index (χ0n) is 8.63. The van der Waals surface area contributed by atoms with Crippen LogP contribution in [0.1, 0.15) is 12.0 Å². The second-order valence-corrected chi connectivity index (χ2v) is 4.78. The van der Waals surface area contributed by atoms with Crippen molar-refractivity contribution in [2.24, 2.45) is 0 Å². The first-order valence-corrected chi connectivity index (χ1v) is 5.79. The van der Waals surface area contributed by atoms with Gasteiger partial charge >= 0.3 is 0 Å². The molecule has 0 radical (unpaired) electrons. The molecule has 0 unspecified atom stereocenters. The summed E-state index contributed by atoms with van der Waals surface area (Å²) in [7, 11) is 2.07. The number of nitrogens with zero attached hydrogens (tertiary/aromatic N) is 1. The predicted octanol–water partition coefficient (Wildman–Crippen LogP) is 3.31. The third kappa shape index (κ3) is 2.47. The van der Waals surface area contributed by atoms with Crippen LogP contribution in [0.3, 0.4) is 0 Å². The molecule has 1 aromatic rings. The molecule has 1 aromatic carbocycles. The summed E-state index contributed by atoms with van der Waals surface area (Å²) in [5.74, 6) is -0.139. The number of likely N-dealkylation sites (N-methyl/N-ethyl adjacent to an activating group) is 1. The number of hydrogen-bond acceptors (Lipinski definition) is 1. The van der Waals surface area contributed by atoms with Gasteiger partial charge in [-0.1, -0.05) is 28.1 Å². The van der Waals surface area contributed by atoms with E-state index in [0.29, 0.717) is 0 Å². The Hall–Kier alpha value is -0.670. The van der Waals surface area contributed by atoms with Crippen LogP contribution in [0.15, 0.2) is 28.7 Å². The summed E-state index contributed by atoms with van der Waals surface area (Å²) in [5, 5.41) is 0. The van der Waals surface area contributed by atoms with Gasteiger partial charge in [-0.25, -0.2) is 4.39 Å². The van der Waals surface area contributed by atoms with Crippen LogP contribution in [0.5, 0.6) is 0 Å². The molecule has 0 atom stereocenters. The number of hydrogen-bond donors (Lipinski definition) is 0. The monoisotopic (exact) mass is 269 g/mol. The third-order valence-electron chi connectivity index (χ3n) is 2.69. The van der Waals surface area contributed by atoms with Crippen LogP contribution in [0.25, 0.3) is 5.57 Å². The van der Waals surface area contributed by atoms with Crippen molar-refractivity contribution in [3.8, 4) is 0 Å². The lowest BCUT2D eigenvalue weighted by molar-refractivity contribution is 0.369. The maximum atomic E-state index is 13.6. The van der Waals surface area contributed by atoms with Crippen LogP contribution in [-0.4, -0.2) is 25.0 Å². The summed E-state index contributed by atoms with van der Waals surface area (Å²) >= 11 is 3.26. The average Bonchev–Trinajstić information content (AvgIpc) is 2.20. The predicted molar refractivity (Wildman–Crippen MR) is 64.2 cm³/mol. The molecule has 2 rings (SSSR count). The topological polar surface area (TPSA) is 3.24 Å². The zero-order chi connectivity index (χ0) is 10.8. The highest BCUT2D eigenvalue weighted by molar-refractivity contribution is 9.10. The molecular weight excluding hydrogens is 257 g/mol. The van der Waals surface area contributed by atoms with Gasteiger partial charge in [-0.05, 0) is 31.2 Å². The largest absolute Gasteiger partial charge is 0.302 e. The van der Waals surface area contributed by atoms with Crippen LogP contribution in [0.2, 0.25) is 0 Å². The zero-order valence-corrected chi connectivity index (χ0v) is 10.2. The van der Waals surface area contributed by atoms with E-state index in [9.17, 15) is 4.39 Å². The van der Waals surface area contributed by atoms with Crippen molar-refractivity contribution in [3.63, 3.8) is 0 Å². The molecule has 0 saturated carbocycles. The molecule has 80 valence electrons. The Kier molecular flexibility index (Phi) is 3.22. The molecule has 1 heterocycles. The van der Waals surface area contributed by atoms with Crippen molar-refractivity contribution in [1.29, 1.82) is 0 Å². The summed E-state index contributed by atoms with van der Waals surface area (Å²) in [6.07, 6.45) is 3.03. The molecule has 0 spiro atoms. The number of halogens is 2. The SMILES string of the molecule is CN1CC=C(c2ccc(Br)cc2F)CC1. The average molecular weight is 270 g/mol. The minimum atomic E-state index is -0.139. The highest BCUT2D eigenvalue weighted by Crippen LogP contribution is 2.26. The number of rotatable bonds is 1. The van der Waals surface area contributed by atoms with E-state index in [1.54, 1.807) is 0 Å². The lowest BCUT2D eigenvalue weighted by atomic mass is 9.99. The van der Waals surface area contributed by atoms with Crippen LogP contribution < -0.4 is 0 Å². The van der Waals surface area contributed by atoms with Gasteiger partial charge in [-0.3, -0.25) is 0 Å². The minimum absolute atomic E-state index is 0.139. The third-order valence-corrected chi connectivity index (χ3v) is 3.18. The summed E-state index contributed by atoms with van der Waals surface area (Å²) in [6.45, 7) is 1.91. The van der Waals surface area contributed by atoms with E-state index >= 15 is 0 Å². The molecule has 0 saturated heterocycles. The van der Waals surface area contributed by atoms with Gasteiger partial charge in [0.2, 0.25) is 0 Å². The Balaban J connectivity index is 2.30. The minimum Gasteiger partial charge on any atom is -0.302 e. The van der Waals surface area contributed by atoms with Crippen LogP contribution >= 0.6 is 15.9 Å². The van der Waals surface area contributed by atoms with Gasteiger partial charge in [-0.2, -0.15) is 0 Å². The van der Waals surface area contributed by atoms with E-state index < -0.39 is 0 Å². The van der Waals surface area contributed by atoms with Gasteiger partial charge in [0.1, 0.15) is 5.82 Å². The van der Waals surface area contributed by atoms with Crippen molar-refractivity contribution < 1.29 is 4.39 Å². The molecule has 0 aromatic heterocycles. The second-order valence-electron chi connectivity index (χ2n) is 3.87. The summed E-state index contributed by atoms with van der Waals surface area (Å²) in [5.41, 5.74) is 1.87. The standard InChI is InChI=1S/C12H13BrFN/c1-15-6-4-9(5-7-15)11-3-2-10(13)8-12(11)14/h2-4,8H,5-7H2,1H3. The fraction of sp³-hybridized carbons (Fsp3) is 0.333. The summed E-state index contributed by atoms with van der Waals surface area (Å²) < 4.78 is 14.4. The van der Waals surface area contributed by atoms with E-state index in [-0.39, 0.29) is 5.82 Å². The molecule has 0 amide bonds. The lowest BCUT2D eigenvalue weighted by Gasteiger charge is -2.22. The van der Waals surface area contributed by atoms with Gasteiger partial charge in [0.05, 0.1) is 0 Å². The van der Waals surface area contributed by atoms with Gasteiger partial charge < -0.3 is 4.90 Å². The van der Waals surface area contributed by atoms with Gasteiger partial charge in [0, 0.05) is 23.1 Å². The van der Waals surface area contributed by atoms with Crippen LogP contribution in [-0.2, 0) is 0 Å². The molecule has 0 bridgehead atoms. The number of benzene rings is 1. The first kappa shape index (κ1) is 10.8. The van der Waals surface area contributed by atoms with Crippen molar-refractivity contribution in [2.45, 2.75) is 6.42 Å². The smallest absolute Gasteiger partial charge is 0.131 e. The van der Waals surface area contributed by atoms with E-state index in [0.717, 1.165) is 35.1 Å². The van der Waals surface area contributed by atoms with Crippen molar-refractivity contribution in [1.82, 2.24) is 4.90 Å². The van der Waals surface area contributed by atoms with Gasteiger partial charge in [0.25, 0.3) is 0 Å². The second kappa shape index (κ2) is 4.45. The first-order valence-electron chi connectivity index (χ1n) is 5.00. The van der Waals surface area contributed by atoms with E-state index in [1.165, 1.54) is 6.07 Å². The summed E-state index contributed by atoms with van der Waals surface area (Å²) in [4.78, 5) is 2.22. The molecule has 15 heavy (non-hydrogen) atoms. The maximum absolute atomic E-state index is 13.6. The Morgan fingerprint density at radius 2 is 2.20 bits per heavy atom. The molecule has 3 heteroatoms. The fourth-order valence-electron chi connectivity index (χ4n) is 1.77. The molecule has 0 N–H and O–H groups in total. The van der Waals surface area contributed by atoms with E-state index in [2.05, 4.69) is 34.0 Å². The lowest BCUT2D eigenvalue weighted by Crippen LogP contribution is -2.23. The Morgan fingerprint density at radius 1 is 1.40 bits per heavy atom. The highest BCUT2D eigenvalue weighted by Gasteiger charge is 2.12. The molecular formula is C12H13BrFN. The Labute approximate surface area is 97.7 Å². The normalized spacial score (nSPS) is 17.7.